The number of hydrazine groups is 1. The highest BCUT2D eigenvalue weighted by atomic mass is 16.4. The lowest BCUT2D eigenvalue weighted by molar-refractivity contribution is 0.555. The third-order valence-corrected chi connectivity index (χ3v) is 2.17. The van der Waals surface area contributed by atoms with Crippen molar-refractivity contribution in [2.45, 2.75) is 0 Å². The summed E-state index contributed by atoms with van der Waals surface area (Å²) >= 11 is 0. The Balaban J connectivity index is 2.41. The Bertz CT molecular complexity index is 516. The SMILES string of the molecule is CN(CNN)c1ccc2oc(=O)[nH]c2c1. The van der Waals surface area contributed by atoms with Crippen molar-refractivity contribution in [3.05, 3.63) is 28.7 Å². The van der Waals surface area contributed by atoms with Gasteiger partial charge in [0.1, 0.15) is 0 Å². The number of nitrogens with one attached hydrogen (secondary N) is 2. The van der Waals surface area contributed by atoms with E-state index in [-0.39, 0.29) is 0 Å². The van der Waals surface area contributed by atoms with Crippen LogP contribution in [0.5, 0.6) is 0 Å². The monoisotopic (exact) mass is 208 g/mol. The largest absolute Gasteiger partial charge is 0.417 e. The van der Waals surface area contributed by atoms with E-state index in [0.717, 1.165) is 5.69 Å². The minimum atomic E-state index is -0.443. The molecule has 0 bridgehead atoms. The summed E-state index contributed by atoms with van der Waals surface area (Å²) in [5, 5.41) is 0. The lowest BCUT2D eigenvalue weighted by atomic mass is 10.3. The van der Waals surface area contributed by atoms with Gasteiger partial charge < -0.3 is 9.32 Å². The topological polar surface area (TPSA) is 87.3 Å². The first-order chi connectivity index (χ1) is 7.20. The van der Waals surface area contributed by atoms with Crippen LogP contribution in [0.15, 0.2) is 27.4 Å². The summed E-state index contributed by atoms with van der Waals surface area (Å²) < 4.78 is 4.89. The molecule has 0 saturated heterocycles. The van der Waals surface area contributed by atoms with Crippen LogP contribution < -0.4 is 21.9 Å². The zero-order chi connectivity index (χ0) is 10.8. The molecule has 0 atom stereocenters. The van der Waals surface area contributed by atoms with Crippen LogP contribution >= 0.6 is 0 Å². The fraction of sp³-hybridized carbons (Fsp3) is 0.222. The number of aromatic nitrogens is 1. The number of benzene rings is 1. The van der Waals surface area contributed by atoms with Crippen LogP contribution in [-0.4, -0.2) is 18.7 Å². The van der Waals surface area contributed by atoms with Crippen LogP contribution in [0.1, 0.15) is 0 Å². The Morgan fingerprint density at radius 3 is 3.13 bits per heavy atom. The van der Waals surface area contributed by atoms with E-state index in [1.807, 2.05) is 24.1 Å². The summed E-state index contributed by atoms with van der Waals surface area (Å²) in [5.41, 5.74) is 4.73. The summed E-state index contributed by atoms with van der Waals surface area (Å²) in [7, 11) is 1.89. The molecule has 0 aliphatic carbocycles. The summed E-state index contributed by atoms with van der Waals surface area (Å²) in [4.78, 5) is 15.4. The zero-order valence-corrected chi connectivity index (χ0v) is 8.28. The van der Waals surface area contributed by atoms with Crippen molar-refractivity contribution >= 4 is 16.8 Å². The van der Waals surface area contributed by atoms with Crippen LogP contribution in [-0.2, 0) is 0 Å². The number of oxazole rings is 1. The standard InChI is InChI=1S/C9H12N4O2/c1-13(5-11-10)6-2-3-8-7(4-6)12-9(14)15-8/h2-4,11H,5,10H2,1H3,(H,12,14). The second kappa shape index (κ2) is 3.76. The molecular formula is C9H12N4O2. The average Bonchev–Trinajstić information content (AvgIpc) is 2.57. The summed E-state index contributed by atoms with van der Waals surface area (Å²) in [6.45, 7) is 0.521. The minimum absolute atomic E-state index is 0.443. The Kier molecular flexibility index (Phi) is 2.44. The highest BCUT2D eigenvalue weighted by molar-refractivity contribution is 5.77. The van der Waals surface area contributed by atoms with Gasteiger partial charge in [-0.1, -0.05) is 0 Å². The van der Waals surface area contributed by atoms with E-state index in [1.54, 1.807) is 6.07 Å². The smallest absolute Gasteiger partial charge is 0.408 e. The molecule has 0 saturated carbocycles. The summed E-state index contributed by atoms with van der Waals surface area (Å²) in [5.74, 6) is 4.77. The highest BCUT2D eigenvalue weighted by Gasteiger charge is 2.04. The van der Waals surface area contributed by atoms with Crippen molar-refractivity contribution in [3.8, 4) is 0 Å². The Morgan fingerprint density at radius 2 is 2.40 bits per heavy atom. The number of nitrogens with two attached hydrogens (primary N) is 1. The van der Waals surface area contributed by atoms with Crippen molar-refractivity contribution < 1.29 is 4.42 Å². The molecule has 1 aromatic heterocycles. The van der Waals surface area contributed by atoms with Gasteiger partial charge in [0.05, 0.1) is 12.2 Å². The first-order valence-corrected chi connectivity index (χ1v) is 4.48. The molecule has 15 heavy (non-hydrogen) atoms. The second-order valence-corrected chi connectivity index (χ2v) is 3.26. The van der Waals surface area contributed by atoms with Gasteiger partial charge in [0.25, 0.3) is 0 Å². The number of nitrogens with zero attached hydrogens (tertiary/aromatic N) is 1. The molecular weight excluding hydrogens is 196 g/mol. The van der Waals surface area contributed by atoms with Crippen molar-refractivity contribution in [3.63, 3.8) is 0 Å². The van der Waals surface area contributed by atoms with Crippen LogP contribution in [0, 0.1) is 0 Å². The first-order valence-electron chi connectivity index (χ1n) is 4.48. The predicted molar refractivity (Wildman–Crippen MR) is 57.4 cm³/mol. The molecule has 0 fully saturated rings. The van der Waals surface area contributed by atoms with Crippen LogP contribution in [0.4, 0.5) is 5.69 Å². The van der Waals surface area contributed by atoms with E-state index < -0.39 is 5.76 Å². The maximum Gasteiger partial charge on any atom is 0.417 e. The Morgan fingerprint density at radius 1 is 1.60 bits per heavy atom. The predicted octanol–water partition coefficient (Wildman–Crippen LogP) is -0.0219. The maximum absolute atomic E-state index is 10.9. The first kappa shape index (κ1) is 9.75. The van der Waals surface area contributed by atoms with Crippen molar-refractivity contribution in [2.75, 3.05) is 18.6 Å². The third-order valence-electron chi connectivity index (χ3n) is 2.17. The Labute approximate surface area is 85.6 Å². The van der Waals surface area contributed by atoms with Gasteiger partial charge in [0.15, 0.2) is 5.58 Å². The minimum Gasteiger partial charge on any atom is -0.408 e. The van der Waals surface area contributed by atoms with E-state index in [1.165, 1.54) is 0 Å². The van der Waals surface area contributed by atoms with Crippen LogP contribution in [0.3, 0.4) is 0 Å². The van der Waals surface area contributed by atoms with Crippen LogP contribution in [0.25, 0.3) is 11.1 Å². The van der Waals surface area contributed by atoms with Crippen LogP contribution in [0.2, 0.25) is 0 Å². The van der Waals surface area contributed by atoms with E-state index in [2.05, 4.69) is 10.4 Å². The van der Waals surface area contributed by atoms with Gasteiger partial charge in [-0.05, 0) is 18.2 Å². The normalized spacial score (nSPS) is 10.8. The number of aromatic amines is 1. The fourth-order valence-corrected chi connectivity index (χ4v) is 1.41. The summed E-state index contributed by atoms with van der Waals surface area (Å²) in [6.07, 6.45) is 0. The third kappa shape index (κ3) is 1.85. The van der Waals surface area contributed by atoms with Gasteiger partial charge in [-0.25, -0.2) is 10.2 Å². The second-order valence-electron chi connectivity index (χ2n) is 3.26. The molecule has 1 aromatic carbocycles. The fourth-order valence-electron chi connectivity index (χ4n) is 1.41. The number of hydrogen-bond acceptors (Lipinski definition) is 5. The molecule has 0 amide bonds. The average molecular weight is 208 g/mol. The molecule has 1 heterocycles. The molecule has 2 aromatic rings. The number of H-pyrrole nitrogens is 1. The Hall–Kier alpha value is -1.79. The van der Waals surface area contributed by atoms with E-state index in [0.29, 0.717) is 17.8 Å². The molecule has 0 aliphatic rings. The van der Waals surface area contributed by atoms with E-state index in [9.17, 15) is 4.79 Å². The van der Waals surface area contributed by atoms with Crippen molar-refractivity contribution in [1.82, 2.24) is 10.4 Å². The molecule has 4 N–H and O–H groups in total. The zero-order valence-electron chi connectivity index (χ0n) is 8.28. The van der Waals surface area contributed by atoms with Crippen molar-refractivity contribution in [2.24, 2.45) is 5.84 Å². The number of hydrogen-bond donors (Lipinski definition) is 3. The molecule has 80 valence electrons. The molecule has 0 spiro atoms. The van der Waals surface area contributed by atoms with Gasteiger partial charge in [0, 0.05) is 12.7 Å². The quantitative estimate of drug-likeness (QED) is 0.375. The number of rotatable bonds is 3. The molecule has 0 radical (unpaired) electrons. The molecule has 2 rings (SSSR count). The molecule has 6 heteroatoms. The molecule has 0 unspecified atom stereocenters. The van der Waals surface area contributed by atoms with Crippen molar-refractivity contribution in [1.29, 1.82) is 0 Å². The van der Waals surface area contributed by atoms with Gasteiger partial charge in [-0.15, -0.1) is 0 Å². The van der Waals surface area contributed by atoms with E-state index >= 15 is 0 Å². The number of fused-ring (bicyclic) bond motifs is 1. The van der Waals surface area contributed by atoms with Gasteiger partial charge in [-0.3, -0.25) is 10.8 Å². The van der Waals surface area contributed by atoms with Gasteiger partial charge in [-0.2, -0.15) is 0 Å². The van der Waals surface area contributed by atoms with Gasteiger partial charge in [0.2, 0.25) is 0 Å². The maximum atomic E-state index is 10.9. The molecule has 6 nitrogen and oxygen atoms in total. The van der Waals surface area contributed by atoms with E-state index in [4.69, 9.17) is 10.3 Å². The summed E-state index contributed by atoms with van der Waals surface area (Å²) in [6, 6.07) is 5.43. The molecule has 0 aliphatic heterocycles. The number of anilines is 1. The van der Waals surface area contributed by atoms with Gasteiger partial charge >= 0.3 is 5.76 Å². The lowest BCUT2D eigenvalue weighted by Gasteiger charge is -2.17. The highest BCUT2D eigenvalue weighted by Crippen LogP contribution is 2.18. The lowest BCUT2D eigenvalue weighted by Crippen LogP contribution is -2.35.